The van der Waals surface area contributed by atoms with E-state index in [9.17, 15) is 18.8 Å². The maximum Gasteiger partial charge on any atom is 0.310 e. The zero-order chi connectivity index (χ0) is 36.3. The van der Waals surface area contributed by atoms with Gasteiger partial charge in [-0.25, -0.2) is 4.39 Å². The van der Waals surface area contributed by atoms with E-state index in [0.29, 0.717) is 56.0 Å². The van der Waals surface area contributed by atoms with Crippen molar-refractivity contribution in [3.05, 3.63) is 112 Å². The molecule has 52 heavy (non-hydrogen) atoms. The molecule has 11 nitrogen and oxygen atoms in total. The van der Waals surface area contributed by atoms with Crippen molar-refractivity contribution in [3.8, 4) is 28.7 Å². The van der Waals surface area contributed by atoms with Crippen LogP contribution in [0.4, 0.5) is 4.39 Å². The third kappa shape index (κ3) is 5.45. The fourth-order valence-corrected chi connectivity index (χ4v) is 7.94. The number of fused-ring (bicyclic) bond motifs is 4. The standard InChI is InChI=1S/C39H32ClFN2O9/c1-47-31-10-20(11-32(48-2)37(31)49-3)33-23-13-29-30(52-18-51-29)14-24(23)35(26-17-50-39(46)34(26)33)42-38(45)36(44)25-16-43(15-19-6-4-5-7-27(19)40)28-9-8-21(41)12-22(25)28/h4-14,16,26,33-35H,15,17-18H2,1-3H3,(H,42,45)/t26-,33+,34-,35+/m0/s1. The minimum Gasteiger partial charge on any atom is -0.493 e. The van der Waals surface area contributed by atoms with Crippen LogP contribution in [0.2, 0.25) is 5.02 Å². The molecular weight excluding hydrogens is 695 g/mol. The van der Waals surface area contributed by atoms with E-state index in [2.05, 4.69) is 5.32 Å². The number of ketones is 1. The molecule has 13 heteroatoms. The summed E-state index contributed by atoms with van der Waals surface area (Å²) in [4.78, 5) is 41.7. The lowest BCUT2D eigenvalue weighted by molar-refractivity contribution is -0.141. The van der Waals surface area contributed by atoms with Crippen molar-refractivity contribution in [2.45, 2.75) is 18.5 Å². The number of carbonyl (C=O) groups is 3. The number of hydrogen-bond acceptors (Lipinski definition) is 9. The number of nitrogens with zero attached hydrogens (tertiary/aromatic N) is 1. The average Bonchev–Trinajstić information content (AvgIpc) is 3.87. The van der Waals surface area contributed by atoms with E-state index >= 15 is 0 Å². The molecule has 266 valence electrons. The van der Waals surface area contributed by atoms with Crippen LogP contribution in [0.1, 0.15) is 44.6 Å². The molecule has 4 aromatic carbocycles. The molecule has 1 amide bonds. The van der Waals surface area contributed by atoms with Crippen molar-refractivity contribution in [1.29, 1.82) is 0 Å². The average molecular weight is 727 g/mol. The quantitative estimate of drug-likeness (QED) is 0.107. The van der Waals surface area contributed by atoms with Crippen LogP contribution in [-0.2, 0) is 20.9 Å². The highest BCUT2D eigenvalue weighted by molar-refractivity contribution is 6.45. The summed E-state index contributed by atoms with van der Waals surface area (Å²) in [6, 6.07) is 17.6. The first kappa shape index (κ1) is 33.4. The molecule has 4 atom stereocenters. The molecule has 5 aromatic rings. The first-order valence-corrected chi connectivity index (χ1v) is 16.9. The molecule has 0 radical (unpaired) electrons. The Morgan fingerprint density at radius 1 is 0.923 bits per heavy atom. The number of benzene rings is 4. The summed E-state index contributed by atoms with van der Waals surface area (Å²) in [5, 5.41) is 3.74. The molecule has 3 heterocycles. The van der Waals surface area contributed by atoms with Crippen LogP contribution in [0.15, 0.2) is 72.9 Å². The highest BCUT2D eigenvalue weighted by Gasteiger charge is 2.53. The number of amides is 1. The van der Waals surface area contributed by atoms with Crippen LogP contribution >= 0.6 is 11.6 Å². The Morgan fingerprint density at radius 3 is 2.33 bits per heavy atom. The number of cyclic esters (lactones) is 1. The number of ether oxygens (including phenoxy) is 6. The molecule has 1 N–H and O–H groups in total. The Kier molecular flexibility index (Phi) is 8.41. The zero-order valence-corrected chi connectivity index (χ0v) is 29.0. The minimum absolute atomic E-state index is 0.00764. The lowest BCUT2D eigenvalue weighted by Gasteiger charge is -2.39. The molecule has 0 spiro atoms. The molecule has 1 aromatic heterocycles. The Bertz CT molecular complexity index is 2260. The Labute approximate surface area is 302 Å². The van der Waals surface area contributed by atoms with Gasteiger partial charge in [-0.3, -0.25) is 14.4 Å². The van der Waals surface area contributed by atoms with E-state index in [1.54, 1.807) is 41.0 Å². The maximum atomic E-state index is 14.6. The first-order chi connectivity index (χ1) is 25.2. The molecule has 8 rings (SSSR count). The number of Topliss-reactive ketones (excluding diaryl/α,β-unsaturated/α-hetero) is 1. The zero-order valence-electron chi connectivity index (χ0n) is 28.2. The molecule has 1 fully saturated rings. The molecular formula is C39H32ClFN2O9. The van der Waals surface area contributed by atoms with E-state index in [1.807, 2.05) is 18.2 Å². The van der Waals surface area contributed by atoms with Gasteiger partial charge >= 0.3 is 5.97 Å². The molecule has 0 bridgehead atoms. The van der Waals surface area contributed by atoms with Crippen molar-refractivity contribution in [3.63, 3.8) is 0 Å². The fraction of sp³-hybridized carbons (Fsp3) is 0.256. The number of halogens is 2. The molecule has 1 saturated heterocycles. The monoisotopic (exact) mass is 726 g/mol. The van der Waals surface area contributed by atoms with Gasteiger partial charge < -0.3 is 38.3 Å². The summed E-state index contributed by atoms with van der Waals surface area (Å²) >= 11 is 6.43. The van der Waals surface area contributed by atoms with Gasteiger partial charge in [-0.15, -0.1) is 0 Å². The van der Waals surface area contributed by atoms with Gasteiger partial charge in [0.15, 0.2) is 23.0 Å². The van der Waals surface area contributed by atoms with E-state index in [4.69, 9.17) is 40.0 Å². The van der Waals surface area contributed by atoms with Gasteiger partial charge in [-0.05, 0) is 70.8 Å². The SMILES string of the molecule is COc1cc([C@@H]2c3cc4c(cc3[C@@H](NC(=O)C(=O)c3cn(Cc5ccccc5Cl)c5ccc(F)cc35)[C@H]3COC(=O)[C@H]23)OCO4)cc(OC)c1OC. The van der Waals surface area contributed by atoms with Gasteiger partial charge in [-0.2, -0.15) is 0 Å². The van der Waals surface area contributed by atoms with Crippen LogP contribution in [0.3, 0.4) is 0 Å². The van der Waals surface area contributed by atoms with Crippen LogP contribution in [0.25, 0.3) is 10.9 Å². The minimum atomic E-state index is -0.931. The maximum absolute atomic E-state index is 14.6. The van der Waals surface area contributed by atoms with Crippen molar-refractivity contribution in [2.75, 3.05) is 34.7 Å². The largest absolute Gasteiger partial charge is 0.493 e. The third-order valence-electron chi connectivity index (χ3n) is 10.1. The smallest absolute Gasteiger partial charge is 0.310 e. The number of aromatic nitrogens is 1. The fourth-order valence-electron chi connectivity index (χ4n) is 7.75. The van der Waals surface area contributed by atoms with E-state index < -0.39 is 47.3 Å². The summed E-state index contributed by atoms with van der Waals surface area (Å²) in [5.41, 5.74) is 3.32. The van der Waals surface area contributed by atoms with Crippen LogP contribution in [0.5, 0.6) is 28.7 Å². The molecule has 1 aliphatic carbocycles. The molecule has 2 aliphatic heterocycles. The van der Waals surface area contributed by atoms with E-state index in [1.165, 1.54) is 39.7 Å². The Balaban J connectivity index is 1.20. The number of nitrogens with one attached hydrogen (secondary N) is 1. The Hall–Kier alpha value is -5.75. The number of hydrogen-bond donors (Lipinski definition) is 1. The predicted molar refractivity (Wildman–Crippen MR) is 186 cm³/mol. The third-order valence-corrected chi connectivity index (χ3v) is 10.5. The van der Waals surface area contributed by atoms with Crippen molar-refractivity contribution in [1.82, 2.24) is 9.88 Å². The summed E-state index contributed by atoms with van der Waals surface area (Å²) in [7, 11) is 4.51. The van der Waals surface area contributed by atoms with E-state index in [0.717, 1.165) is 5.56 Å². The lowest BCUT2D eigenvalue weighted by atomic mass is 9.65. The second-order valence-electron chi connectivity index (χ2n) is 12.8. The van der Waals surface area contributed by atoms with Gasteiger partial charge in [0.2, 0.25) is 12.5 Å². The highest BCUT2D eigenvalue weighted by Crippen LogP contribution is 2.55. The van der Waals surface area contributed by atoms with Crippen molar-refractivity contribution >= 4 is 40.2 Å². The molecule has 0 saturated carbocycles. The number of carbonyl (C=O) groups excluding carboxylic acids is 3. The highest BCUT2D eigenvalue weighted by atomic mass is 35.5. The predicted octanol–water partition coefficient (Wildman–Crippen LogP) is 6.21. The van der Waals surface area contributed by atoms with Gasteiger partial charge in [0.05, 0.1) is 45.5 Å². The van der Waals surface area contributed by atoms with Gasteiger partial charge in [0.1, 0.15) is 5.82 Å². The van der Waals surface area contributed by atoms with Gasteiger partial charge in [-0.1, -0.05) is 29.8 Å². The van der Waals surface area contributed by atoms with Gasteiger partial charge in [0, 0.05) is 40.5 Å². The molecule has 3 aliphatic rings. The molecule has 0 unspecified atom stereocenters. The number of methoxy groups -OCH3 is 3. The summed E-state index contributed by atoms with van der Waals surface area (Å²) in [6.45, 7) is 0.261. The Morgan fingerprint density at radius 2 is 1.63 bits per heavy atom. The topological polar surface area (TPSA) is 124 Å². The lowest BCUT2D eigenvalue weighted by Crippen LogP contribution is -2.44. The van der Waals surface area contributed by atoms with Gasteiger partial charge in [0.25, 0.3) is 11.7 Å². The summed E-state index contributed by atoms with van der Waals surface area (Å²) in [6.07, 6.45) is 1.54. The normalized spacial score (nSPS) is 19.8. The first-order valence-electron chi connectivity index (χ1n) is 16.5. The second kappa shape index (κ2) is 13.1. The van der Waals surface area contributed by atoms with Crippen LogP contribution in [-0.4, -0.2) is 57.0 Å². The summed E-state index contributed by atoms with van der Waals surface area (Å²) < 4.78 is 50.3. The number of esters is 1. The van der Waals surface area contributed by atoms with Crippen molar-refractivity contribution < 1.29 is 47.2 Å². The van der Waals surface area contributed by atoms with Crippen LogP contribution < -0.4 is 29.0 Å². The van der Waals surface area contributed by atoms with Crippen molar-refractivity contribution in [2.24, 2.45) is 11.8 Å². The summed E-state index contributed by atoms with van der Waals surface area (Å²) in [5.74, 6) is -2.67. The second-order valence-corrected chi connectivity index (χ2v) is 13.2. The van der Waals surface area contributed by atoms with E-state index in [-0.39, 0.29) is 30.9 Å². The number of rotatable bonds is 9. The van der Waals surface area contributed by atoms with Crippen LogP contribution in [0, 0.1) is 17.7 Å².